The van der Waals surface area contributed by atoms with Gasteiger partial charge in [0.25, 0.3) is 0 Å². The summed E-state index contributed by atoms with van der Waals surface area (Å²) in [5.74, 6) is 0. The van der Waals surface area contributed by atoms with Crippen molar-refractivity contribution in [1.29, 1.82) is 0 Å². The zero-order chi connectivity index (χ0) is 20.6. The van der Waals surface area contributed by atoms with Crippen molar-refractivity contribution < 1.29 is 23.7 Å². The molecule has 0 aliphatic carbocycles. The fraction of sp³-hybridized carbons (Fsp3) is 0.950. The van der Waals surface area contributed by atoms with Crippen molar-refractivity contribution >= 4 is 17.8 Å². The summed E-state index contributed by atoms with van der Waals surface area (Å²) < 4.78 is 22.2. The van der Waals surface area contributed by atoms with Crippen LogP contribution in [0.5, 0.6) is 0 Å². The zero-order valence-corrected chi connectivity index (χ0v) is 18.9. The van der Waals surface area contributed by atoms with Gasteiger partial charge in [0.1, 0.15) is 5.60 Å². The van der Waals surface area contributed by atoms with Crippen molar-refractivity contribution in [2.24, 2.45) is 0 Å². The van der Waals surface area contributed by atoms with Gasteiger partial charge in [-0.2, -0.15) is 0 Å². The van der Waals surface area contributed by atoms with Gasteiger partial charge in [-0.05, 0) is 62.3 Å². The molecule has 0 saturated carbocycles. The minimum absolute atomic E-state index is 0.121. The van der Waals surface area contributed by atoms with Crippen LogP contribution >= 0.6 is 11.6 Å². The van der Waals surface area contributed by atoms with Crippen LogP contribution in [0, 0.1) is 0 Å². The van der Waals surface area contributed by atoms with Gasteiger partial charge in [-0.1, -0.05) is 0 Å². The molecule has 0 saturated heterocycles. The van der Waals surface area contributed by atoms with Crippen molar-refractivity contribution in [1.82, 2.24) is 0 Å². The molecule has 5 nitrogen and oxygen atoms in total. The van der Waals surface area contributed by atoms with Gasteiger partial charge in [0, 0.05) is 24.1 Å². The van der Waals surface area contributed by atoms with Crippen LogP contribution in [0.25, 0.3) is 0 Å². The van der Waals surface area contributed by atoms with E-state index in [1.165, 1.54) is 0 Å². The molecule has 0 aromatic rings. The normalized spacial score (nSPS) is 14.4. The minimum Gasteiger partial charge on any atom is -0.434 e. The maximum atomic E-state index is 11.8. The Bertz CT molecular complexity index is 413. The second kappa shape index (κ2) is 10.7. The summed E-state index contributed by atoms with van der Waals surface area (Å²) in [5.41, 5.74) is -0.972. The summed E-state index contributed by atoms with van der Waals surface area (Å²) in [7, 11) is 0. The zero-order valence-electron chi connectivity index (χ0n) is 18.1. The molecule has 0 spiro atoms. The first-order valence-electron chi connectivity index (χ1n) is 9.46. The minimum atomic E-state index is -0.672. The lowest BCUT2D eigenvalue weighted by Crippen LogP contribution is -2.35. The van der Waals surface area contributed by atoms with E-state index in [1.54, 1.807) is 0 Å². The highest BCUT2D eigenvalue weighted by atomic mass is 35.5. The summed E-state index contributed by atoms with van der Waals surface area (Å²) in [5, 5.41) is 0. The number of rotatable bonds is 12. The lowest BCUT2D eigenvalue weighted by atomic mass is 10.0. The van der Waals surface area contributed by atoms with E-state index in [-0.39, 0.29) is 24.4 Å². The van der Waals surface area contributed by atoms with Crippen molar-refractivity contribution in [3.8, 4) is 0 Å². The first kappa shape index (κ1) is 25.5. The standard InChI is InChI=1S/C20H39ClO5/c1-15(2)25-16(3)14-20(8,9)24-13-11-19(6,7)26-17(22)23-12-10-18(4,5)21/h15-16H,10-14H2,1-9H3. The molecule has 0 heterocycles. The Balaban J connectivity index is 4.20. The third kappa shape index (κ3) is 14.6. The van der Waals surface area contributed by atoms with E-state index in [1.807, 2.05) is 55.4 Å². The molecule has 0 aromatic carbocycles. The molecule has 0 rings (SSSR count). The highest BCUT2D eigenvalue weighted by Gasteiger charge is 2.27. The number of halogens is 1. The largest absolute Gasteiger partial charge is 0.508 e. The van der Waals surface area contributed by atoms with Crippen LogP contribution in [0.2, 0.25) is 0 Å². The molecule has 0 aliphatic heterocycles. The molecule has 0 radical (unpaired) electrons. The average Bonchev–Trinajstić information content (AvgIpc) is 2.33. The topological polar surface area (TPSA) is 54.0 Å². The second-order valence-electron chi connectivity index (χ2n) is 8.99. The lowest BCUT2D eigenvalue weighted by molar-refractivity contribution is -0.0896. The van der Waals surface area contributed by atoms with Crippen molar-refractivity contribution in [3.05, 3.63) is 0 Å². The quantitative estimate of drug-likeness (QED) is 0.313. The lowest BCUT2D eigenvalue weighted by Gasteiger charge is -2.31. The molecule has 6 heteroatoms. The van der Waals surface area contributed by atoms with E-state index in [9.17, 15) is 4.79 Å². The number of ether oxygens (including phenoxy) is 4. The number of carbonyl (C=O) groups is 1. The summed E-state index contributed by atoms with van der Waals surface area (Å²) in [6, 6.07) is 0. The Labute approximate surface area is 165 Å². The van der Waals surface area contributed by atoms with Crippen LogP contribution in [0.15, 0.2) is 0 Å². The maximum absolute atomic E-state index is 11.8. The van der Waals surface area contributed by atoms with Gasteiger partial charge in [-0.25, -0.2) is 4.79 Å². The second-order valence-corrected chi connectivity index (χ2v) is 10.0. The first-order valence-corrected chi connectivity index (χ1v) is 9.84. The van der Waals surface area contributed by atoms with Crippen LogP contribution in [-0.4, -0.2) is 47.7 Å². The average molecular weight is 395 g/mol. The van der Waals surface area contributed by atoms with E-state index in [2.05, 4.69) is 6.92 Å². The number of hydrogen-bond donors (Lipinski definition) is 0. The fourth-order valence-corrected chi connectivity index (χ4v) is 2.60. The smallest absolute Gasteiger partial charge is 0.434 e. The van der Waals surface area contributed by atoms with Crippen molar-refractivity contribution in [2.75, 3.05) is 13.2 Å². The van der Waals surface area contributed by atoms with Crippen LogP contribution in [0.1, 0.15) is 81.6 Å². The molecule has 1 atom stereocenters. The molecule has 0 bridgehead atoms. The van der Waals surface area contributed by atoms with Gasteiger partial charge in [0.2, 0.25) is 0 Å². The highest BCUT2D eigenvalue weighted by Crippen LogP contribution is 2.23. The Kier molecular flexibility index (Phi) is 10.5. The molecule has 26 heavy (non-hydrogen) atoms. The Morgan fingerprint density at radius 3 is 2.00 bits per heavy atom. The predicted molar refractivity (Wildman–Crippen MR) is 106 cm³/mol. The number of hydrogen-bond acceptors (Lipinski definition) is 5. The van der Waals surface area contributed by atoms with E-state index in [0.29, 0.717) is 19.4 Å². The fourth-order valence-electron chi connectivity index (χ4n) is 2.52. The summed E-state index contributed by atoms with van der Waals surface area (Å²) in [6.07, 6.45) is 1.58. The summed E-state index contributed by atoms with van der Waals surface area (Å²) >= 11 is 6.07. The van der Waals surface area contributed by atoms with E-state index >= 15 is 0 Å². The van der Waals surface area contributed by atoms with Gasteiger partial charge in [-0.3, -0.25) is 0 Å². The Hall–Kier alpha value is -0.520. The Morgan fingerprint density at radius 1 is 0.923 bits per heavy atom. The van der Waals surface area contributed by atoms with Gasteiger partial charge >= 0.3 is 6.16 Å². The SMILES string of the molecule is CC(C)OC(C)CC(C)(C)OCCC(C)(C)OC(=O)OCCC(C)(C)Cl. The van der Waals surface area contributed by atoms with Crippen molar-refractivity contribution in [3.63, 3.8) is 0 Å². The predicted octanol–water partition coefficient (Wildman–Crippen LogP) is 5.71. The molecule has 0 N–H and O–H groups in total. The van der Waals surface area contributed by atoms with Crippen LogP contribution in [0.3, 0.4) is 0 Å². The molecule has 0 aliphatic rings. The monoisotopic (exact) mass is 394 g/mol. The number of alkyl halides is 1. The highest BCUT2D eigenvalue weighted by molar-refractivity contribution is 6.23. The van der Waals surface area contributed by atoms with Gasteiger partial charge < -0.3 is 18.9 Å². The molecular weight excluding hydrogens is 356 g/mol. The molecule has 0 fully saturated rings. The van der Waals surface area contributed by atoms with Crippen LogP contribution in [-0.2, 0) is 18.9 Å². The Morgan fingerprint density at radius 2 is 1.50 bits per heavy atom. The van der Waals surface area contributed by atoms with Crippen LogP contribution in [0.4, 0.5) is 4.79 Å². The van der Waals surface area contributed by atoms with Crippen molar-refractivity contribution in [2.45, 2.75) is 110 Å². The molecule has 156 valence electrons. The third-order valence-electron chi connectivity index (χ3n) is 3.76. The molecule has 1 unspecified atom stereocenters. The number of carbonyl (C=O) groups excluding carboxylic acids is 1. The first-order chi connectivity index (χ1) is 11.6. The van der Waals surface area contributed by atoms with Gasteiger partial charge in [-0.15, -0.1) is 11.6 Å². The molecule has 0 aromatic heterocycles. The van der Waals surface area contributed by atoms with Crippen LogP contribution < -0.4 is 0 Å². The summed E-state index contributed by atoms with van der Waals surface area (Å²) in [4.78, 5) is 11.4. The maximum Gasteiger partial charge on any atom is 0.508 e. The third-order valence-corrected chi connectivity index (χ3v) is 3.95. The molecular formula is C20H39ClO5. The summed E-state index contributed by atoms with van der Waals surface area (Å²) in [6.45, 7) is 18.4. The van der Waals surface area contributed by atoms with Gasteiger partial charge in [0.05, 0.1) is 31.0 Å². The van der Waals surface area contributed by atoms with E-state index in [4.69, 9.17) is 30.5 Å². The molecule has 0 amide bonds. The van der Waals surface area contributed by atoms with E-state index in [0.717, 1.165) is 6.42 Å². The van der Waals surface area contributed by atoms with E-state index < -0.39 is 16.6 Å². The van der Waals surface area contributed by atoms with Gasteiger partial charge in [0.15, 0.2) is 0 Å².